The van der Waals surface area contributed by atoms with Gasteiger partial charge in [-0.1, -0.05) is 0 Å². The van der Waals surface area contributed by atoms with Gasteiger partial charge >= 0.3 is 12.3 Å². The van der Waals surface area contributed by atoms with Crippen molar-refractivity contribution in [2.45, 2.75) is 26.8 Å². The van der Waals surface area contributed by atoms with Gasteiger partial charge in [0.2, 0.25) is 5.88 Å². The van der Waals surface area contributed by atoms with Gasteiger partial charge in [-0.15, -0.1) is 13.2 Å². The van der Waals surface area contributed by atoms with Gasteiger partial charge in [-0.3, -0.25) is 14.4 Å². The third kappa shape index (κ3) is 7.26. The molecule has 0 aliphatic rings. The molecule has 0 bridgehead atoms. The summed E-state index contributed by atoms with van der Waals surface area (Å²) in [7, 11) is -3.02. The molecule has 0 unspecified atom stereocenters. The SMILES string of the molecule is [2H]C([2H])([2H])Oc1nc(C)c(-c2ccc3nc(NC(=O)COC(C)=O)cn3n2)cc1C(=O)NCc1cc(OC(F)(F)F)ccc1F. The molecule has 0 aliphatic carbocycles. The molecule has 16 heteroatoms. The highest BCUT2D eigenvalue weighted by molar-refractivity contribution is 5.97. The number of hydrogen-bond donors (Lipinski definition) is 2. The van der Waals surface area contributed by atoms with Crippen molar-refractivity contribution >= 4 is 29.2 Å². The molecule has 0 aliphatic heterocycles. The minimum Gasteiger partial charge on any atom is -0.480 e. The Balaban J connectivity index is 1.63. The summed E-state index contributed by atoms with van der Waals surface area (Å²) in [4.78, 5) is 44.4. The number of anilines is 1. The summed E-state index contributed by atoms with van der Waals surface area (Å²) >= 11 is 0. The van der Waals surface area contributed by atoms with Crippen molar-refractivity contribution in [3.05, 3.63) is 65.2 Å². The molecule has 4 aromatic rings. The van der Waals surface area contributed by atoms with Gasteiger partial charge in [0.15, 0.2) is 18.1 Å². The van der Waals surface area contributed by atoms with E-state index in [-0.39, 0.29) is 28.3 Å². The van der Waals surface area contributed by atoms with E-state index in [0.29, 0.717) is 5.65 Å². The van der Waals surface area contributed by atoms with Crippen LogP contribution in [0.3, 0.4) is 0 Å². The van der Waals surface area contributed by atoms with Crippen LogP contribution >= 0.6 is 0 Å². The zero-order valence-corrected chi connectivity index (χ0v) is 21.7. The maximum atomic E-state index is 14.3. The second kappa shape index (κ2) is 12.1. The first-order valence-corrected chi connectivity index (χ1v) is 11.8. The Labute approximate surface area is 238 Å². The Morgan fingerprint density at radius 3 is 2.62 bits per heavy atom. The first-order chi connectivity index (χ1) is 21.0. The van der Waals surface area contributed by atoms with Crippen LogP contribution in [0, 0.1) is 12.7 Å². The lowest BCUT2D eigenvalue weighted by atomic mass is 10.1. The molecule has 220 valence electrons. The number of alkyl halides is 3. The molecule has 0 atom stereocenters. The van der Waals surface area contributed by atoms with Crippen LogP contribution in [0.1, 0.15) is 32.7 Å². The quantitative estimate of drug-likeness (QED) is 0.220. The van der Waals surface area contributed by atoms with Crippen LogP contribution in [-0.4, -0.2) is 57.4 Å². The number of halogens is 4. The predicted molar refractivity (Wildman–Crippen MR) is 137 cm³/mol. The molecule has 1 aromatic carbocycles. The molecule has 0 spiro atoms. The summed E-state index contributed by atoms with van der Waals surface area (Å²) in [6, 6.07) is 6.49. The molecule has 2 N–H and O–H groups in total. The number of hydrogen-bond acceptors (Lipinski definition) is 9. The molecular formula is C26H22F4N6O6. The second-order valence-corrected chi connectivity index (χ2v) is 8.54. The lowest BCUT2D eigenvalue weighted by Crippen LogP contribution is -2.24. The summed E-state index contributed by atoms with van der Waals surface area (Å²) in [5, 5.41) is 9.15. The van der Waals surface area contributed by atoms with Crippen LogP contribution in [0.15, 0.2) is 42.6 Å². The Bertz CT molecular complexity index is 1780. The molecule has 0 saturated heterocycles. The molecule has 3 aromatic heterocycles. The number of ether oxygens (including phenoxy) is 3. The molecule has 0 saturated carbocycles. The fourth-order valence-corrected chi connectivity index (χ4v) is 3.67. The van der Waals surface area contributed by atoms with Crippen LogP contribution in [0.25, 0.3) is 16.9 Å². The standard InChI is InChI=1S/C26H22F4N6O6/c1-13-17(20-6-7-22-33-21(11-36(22)35-20)34-23(38)12-41-14(2)37)9-18(25(32-13)40-3)24(39)31-10-15-8-16(4-5-19(15)27)42-26(28,29)30/h4-9,11H,10,12H2,1-3H3,(H,31,39)(H,34,38)/i3D3. The number of nitrogens with one attached hydrogen (secondary N) is 2. The van der Waals surface area contributed by atoms with E-state index in [2.05, 4.69) is 35.2 Å². The van der Waals surface area contributed by atoms with E-state index >= 15 is 0 Å². The highest BCUT2D eigenvalue weighted by Gasteiger charge is 2.31. The highest BCUT2D eigenvalue weighted by Crippen LogP contribution is 2.28. The number of methoxy groups -OCH3 is 1. The molecule has 3 heterocycles. The zero-order valence-electron chi connectivity index (χ0n) is 24.7. The normalized spacial score (nSPS) is 12.6. The number of esters is 1. The minimum absolute atomic E-state index is 0.0880. The number of imidazole rings is 1. The van der Waals surface area contributed by atoms with Crippen molar-refractivity contribution in [1.82, 2.24) is 24.9 Å². The number of benzene rings is 1. The van der Waals surface area contributed by atoms with Gasteiger partial charge in [-0.25, -0.2) is 18.9 Å². The molecule has 2 amide bonds. The van der Waals surface area contributed by atoms with Gasteiger partial charge < -0.3 is 24.8 Å². The zero-order chi connectivity index (χ0) is 33.1. The van der Waals surface area contributed by atoms with Crippen molar-refractivity contribution < 1.29 is 50.3 Å². The number of rotatable bonds is 9. The van der Waals surface area contributed by atoms with Crippen molar-refractivity contribution in [3.8, 4) is 22.9 Å². The van der Waals surface area contributed by atoms with Crippen LogP contribution in [0.4, 0.5) is 23.4 Å². The molecule has 4 rings (SSSR count). The fraction of sp³-hybridized carbons (Fsp3) is 0.231. The fourth-order valence-electron chi connectivity index (χ4n) is 3.67. The van der Waals surface area contributed by atoms with Gasteiger partial charge in [-0.05, 0) is 43.3 Å². The molecular weight excluding hydrogens is 568 g/mol. The van der Waals surface area contributed by atoms with Crippen molar-refractivity contribution in [3.63, 3.8) is 0 Å². The second-order valence-electron chi connectivity index (χ2n) is 8.54. The van der Waals surface area contributed by atoms with Crippen molar-refractivity contribution in [2.75, 3.05) is 19.0 Å². The number of carbonyl (C=O) groups excluding carboxylic acids is 3. The maximum absolute atomic E-state index is 14.3. The Morgan fingerprint density at radius 2 is 1.90 bits per heavy atom. The number of pyridine rings is 1. The molecule has 0 fully saturated rings. The van der Waals surface area contributed by atoms with E-state index in [0.717, 1.165) is 25.1 Å². The number of nitrogens with zero attached hydrogens (tertiary/aromatic N) is 4. The van der Waals surface area contributed by atoms with E-state index in [1.54, 1.807) is 0 Å². The Hall–Kier alpha value is -5.28. The Kier molecular flexibility index (Phi) is 7.38. The largest absolute Gasteiger partial charge is 0.573 e. The van der Waals surface area contributed by atoms with Crippen LogP contribution in [0.2, 0.25) is 0 Å². The summed E-state index contributed by atoms with van der Waals surface area (Å²) < 4.78 is 89.1. The average molecular weight is 594 g/mol. The first-order valence-electron chi connectivity index (χ1n) is 13.3. The van der Waals surface area contributed by atoms with E-state index in [4.69, 9.17) is 8.85 Å². The van der Waals surface area contributed by atoms with Crippen molar-refractivity contribution in [2.24, 2.45) is 0 Å². The van der Waals surface area contributed by atoms with E-state index in [1.165, 1.54) is 35.8 Å². The first kappa shape index (κ1) is 25.7. The number of fused-ring (bicyclic) bond motifs is 1. The number of amides is 2. The molecule has 42 heavy (non-hydrogen) atoms. The predicted octanol–water partition coefficient (Wildman–Crippen LogP) is 3.58. The van der Waals surface area contributed by atoms with Crippen LogP contribution in [-0.2, 0) is 20.9 Å². The summed E-state index contributed by atoms with van der Waals surface area (Å²) in [6.45, 7) is 1.50. The van der Waals surface area contributed by atoms with Gasteiger partial charge in [0.1, 0.15) is 17.1 Å². The van der Waals surface area contributed by atoms with E-state index in [9.17, 15) is 31.9 Å². The monoisotopic (exact) mass is 593 g/mol. The smallest absolute Gasteiger partial charge is 0.480 e. The third-order valence-corrected chi connectivity index (χ3v) is 5.48. The summed E-state index contributed by atoms with van der Waals surface area (Å²) in [5.41, 5.74) is 0.190. The maximum Gasteiger partial charge on any atom is 0.573 e. The van der Waals surface area contributed by atoms with Gasteiger partial charge in [0.25, 0.3) is 11.8 Å². The topological polar surface area (TPSA) is 146 Å². The van der Waals surface area contributed by atoms with Gasteiger partial charge in [0, 0.05) is 24.6 Å². The third-order valence-electron chi connectivity index (χ3n) is 5.48. The minimum atomic E-state index is -5.03. The van der Waals surface area contributed by atoms with Crippen LogP contribution < -0.4 is 20.1 Å². The van der Waals surface area contributed by atoms with Gasteiger partial charge in [0.05, 0.1) is 28.7 Å². The van der Waals surface area contributed by atoms with E-state index < -0.39 is 67.3 Å². The van der Waals surface area contributed by atoms with Crippen LogP contribution in [0.5, 0.6) is 11.6 Å². The number of aromatic nitrogens is 4. The highest BCUT2D eigenvalue weighted by atomic mass is 19.4. The molecule has 12 nitrogen and oxygen atoms in total. The molecule has 0 radical (unpaired) electrons. The number of carbonyl (C=O) groups is 3. The lowest BCUT2D eigenvalue weighted by molar-refractivity contribution is -0.274. The summed E-state index contributed by atoms with van der Waals surface area (Å²) in [6.07, 6.45) is -3.67. The Morgan fingerprint density at radius 1 is 1.12 bits per heavy atom. The van der Waals surface area contributed by atoms with Crippen molar-refractivity contribution in [1.29, 1.82) is 0 Å². The van der Waals surface area contributed by atoms with Gasteiger partial charge in [-0.2, -0.15) is 5.10 Å². The summed E-state index contributed by atoms with van der Waals surface area (Å²) in [5.74, 6) is -4.44. The van der Waals surface area contributed by atoms with E-state index in [1.807, 2.05) is 0 Å². The lowest BCUT2D eigenvalue weighted by Gasteiger charge is -2.14. The number of aryl methyl sites for hydroxylation is 1. The average Bonchev–Trinajstić information content (AvgIpc) is 3.31.